The molecule has 1 aromatic heterocycles. The van der Waals surface area contributed by atoms with Gasteiger partial charge >= 0.3 is 17.1 Å². The van der Waals surface area contributed by atoms with Gasteiger partial charge in [0.15, 0.2) is 0 Å². The zero-order chi connectivity index (χ0) is 15.1. The quantitative estimate of drug-likeness (QED) is 0.823. The fourth-order valence-electron chi connectivity index (χ4n) is 3.29. The molecule has 1 saturated carbocycles. The average Bonchev–Trinajstić information content (AvgIpc) is 2.85. The highest BCUT2D eigenvalue weighted by molar-refractivity contribution is 6.00. The Labute approximate surface area is 120 Å². The summed E-state index contributed by atoms with van der Waals surface area (Å²) < 4.78 is 1.40. The largest absolute Gasteiger partial charge is 0.478 e. The van der Waals surface area contributed by atoms with E-state index in [0.29, 0.717) is 11.0 Å². The third kappa shape index (κ3) is 2.07. The first-order valence-electron chi connectivity index (χ1n) is 7.01. The lowest BCUT2D eigenvalue weighted by molar-refractivity contribution is 0.0698. The van der Waals surface area contributed by atoms with Gasteiger partial charge in [-0.25, -0.2) is 4.79 Å². The van der Waals surface area contributed by atoms with Crippen molar-refractivity contribution in [2.75, 3.05) is 0 Å². The standard InChI is InChI=1S/C15H16N2O4/c1-8-4-2-7-11(8)17-12-9(15(20)21)5-3-6-10(12)16-13(18)14(17)19/h3,5-6,8,11H,2,4,7H2,1H3,(H,16,18)(H,20,21). The Morgan fingerprint density at radius 2 is 2.10 bits per heavy atom. The molecule has 1 heterocycles. The van der Waals surface area contributed by atoms with Crippen LogP contribution in [0, 0.1) is 5.92 Å². The number of nitrogens with one attached hydrogen (secondary N) is 1. The fraction of sp³-hybridized carbons (Fsp3) is 0.400. The molecule has 1 aliphatic rings. The van der Waals surface area contributed by atoms with Gasteiger partial charge in [-0.2, -0.15) is 0 Å². The van der Waals surface area contributed by atoms with Crippen LogP contribution in [0.2, 0.25) is 0 Å². The molecule has 6 heteroatoms. The summed E-state index contributed by atoms with van der Waals surface area (Å²) >= 11 is 0. The van der Waals surface area contributed by atoms with Crippen LogP contribution in [0.1, 0.15) is 42.6 Å². The number of H-pyrrole nitrogens is 1. The fourth-order valence-corrected chi connectivity index (χ4v) is 3.29. The number of para-hydroxylation sites is 1. The highest BCUT2D eigenvalue weighted by atomic mass is 16.4. The summed E-state index contributed by atoms with van der Waals surface area (Å²) in [7, 11) is 0. The molecule has 1 aliphatic carbocycles. The van der Waals surface area contributed by atoms with Crippen molar-refractivity contribution >= 4 is 17.0 Å². The molecule has 1 aromatic carbocycles. The van der Waals surface area contributed by atoms with Crippen molar-refractivity contribution in [2.45, 2.75) is 32.2 Å². The van der Waals surface area contributed by atoms with Gasteiger partial charge in [0, 0.05) is 6.04 Å². The van der Waals surface area contributed by atoms with Gasteiger partial charge in [-0.15, -0.1) is 0 Å². The maximum Gasteiger partial charge on any atom is 0.337 e. The Kier molecular flexibility index (Phi) is 3.16. The number of rotatable bonds is 2. The zero-order valence-electron chi connectivity index (χ0n) is 11.6. The number of fused-ring (bicyclic) bond motifs is 1. The summed E-state index contributed by atoms with van der Waals surface area (Å²) in [6.45, 7) is 2.03. The molecule has 0 aliphatic heterocycles. The molecule has 1 fully saturated rings. The SMILES string of the molecule is CC1CCCC1n1c(=O)c(=O)[nH]c2cccc(C(=O)O)c21. The minimum Gasteiger partial charge on any atom is -0.478 e. The van der Waals surface area contributed by atoms with Gasteiger partial charge in [-0.05, 0) is 30.9 Å². The summed E-state index contributed by atoms with van der Waals surface area (Å²) in [6, 6.07) is 4.52. The van der Waals surface area contributed by atoms with Gasteiger partial charge in [0.05, 0.1) is 16.6 Å². The lowest BCUT2D eigenvalue weighted by atomic mass is 10.0. The number of carbonyl (C=O) groups is 1. The van der Waals surface area contributed by atoms with E-state index >= 15 is 0 Å². The van der Waals surface area contributed by atoms with E-state index in [1.165, 1.54) is 10.6 Å². The molecule has 2 unspecified atom stereocenters. The smallest absolute Gasteiger partial charge is 0.337 e. The average molecular weight is 288 g/mol. The second-order valence-corrected chi connectivity index (χ2v) is 5.61. The van der Waals surface area contributed by atoms with E-state index < -0.39 is 17.1 Å². The lowest BCUT2D eigenvalue weighted by Gasteiger charge is -2.21. The number of aromatic nitrogens is 2. The summed E-state index contributed by atoms with van der Waals surface area (Å²) in [5, 5.41) is 9.37. The van der Waals surface area contributed by atoms with E-state index in [-0.39, 0.29) is 17.5 Å². The number of nitrogens with zero attached hydrogens (tertiary/aromatic N) is 1. The van der Waals surface area contributed by atoms with Crippen molar-refractivity contribution in [1.29, 1.82) is 0 Å². The number of hydrogen-bond acceptors (Lipinski definition) is 3. The van der Waals surface area contributed by atoms with E-state index in [9.17, 15) is 19.5 Å². The van der Waals surface area contributed by atoms with Crippen LogP contribution in [0.5, 0.6) is 0 Å². The predicted molar refractivity (Wildman–Crippen MR) is 77.8 cm³/mol. The first-order valence-corrected chi connectivity index (χ1v) is 7.01. The molecule has 2 N–H and O–H groups in total. The third-order valence-corrected chi connectivity index (χ3v) is 4.32. The highest BCUT2D eigenvalue weighted by Gasteiger charge is 2.29. The highest BCUT2D eigenvalue weighted by Crippen LogP contribution is 2.36. The Bertz CT molecular complexity index is 834. The van der Waals surface area contributed by atoms with Crippen LogP contribution in [0.4, 0.5) is 0 Å². The number of carboxylic acid groups (broad SMARTS) is 1. The Balaban J connectivity index is 2.45. The topological polar surface area (TPSA) is 92.2 Å². The van der Waals surface area contributed by atoms with Gasteiger partial charge in [0.25, 0.3) is 0 Å². The Hall–Kier alpha value is -2.37. The Morgan fingerprint density at radius 1 is 1.33 bits per heavy atom. The van der Waals surface area contributed by atoms with Crippen molar-refractivity contribution in [3.05, 3.63) is 44.5 Å². The van der Waals surface area contributed by atoms with E-state index in [2.05, 4.69) is 4.98 Å². The van der Waals surface area contributed by atoms with Gasteiger partial charge in [-0.3, -0.25) is 14.2 Å². The minimum atomic E-state index is -1.11. The predicted octanol–water partition coefficient (Wildman–Crippen LogP) is 1.75. The lowest BCUT2D eigenvalue weighted by Crippen LogP contribution is -2.39. The second kappa shape index (κ2) is 4.87. The van der Waals surface area contributed by atoms with Crippen LogP contribution in [-0.2, 0) is 0 Å². The molecule has 0 spiro atoms. The monoisotopic (exact) mass is 288 g/mol. The van der Waals surface area contributed by atoms with Crippen molar-refractivity contribution in [3.63, 3.8) is 0 Å². The summed E-state index contributed by atoms with van der Waals surface area (Å²) in [5.74, 6) is -0.860. The molecule has 6 nitrogen and oxygen atoms in total. The van der Waals surface area contributed by atoms with Crippen molar-refractivity contribution in [3.8, 4) is 0 Å². The summed E-state index contributed by atoms with van der Waals surface area (Å²) in [4.78, 5) is 38.1. The molecule has 21 heavy (non-hydrogen) atoms. The number of aromatic amines is 1. The minimum absolute atomic E-state index is 0.0416. The molecular formula is C15H16N2O4. The normalized spacial score (nSPS) is 21.8. The second-order valence-electron chi connectivity index (χ2n) is 5.61. The molecule has 0 bridgehead atoms. The van der Waals surface area contributed by atoms with Crippen molar-refractivity contribution < 1.29 is 9.90 Å². The number of benzene rings is 1. The molecule has 0 radical (unpaired) electrons. The molecule has 110 valence electrons. The van der Waals surface area contributed by atoms with Gasteiger partial charge in [0.1, 0.15) is 0 Å². The van der Waals surface area contributed by atoms with Crippen LogP contribution in [-0.4, -0.2) is 20.6 Å². The molecule has 2 aromatic rings. The van der Waals surface area contributed by atoms with Crippen LogP contribution in [0.25, 0.3) is 11.0 Å². The molecule has 3 rings (SSSR count). The van der Waals surface area contributed by atoms with Crippen molar-refractivity contribution in [2.24, 2.45) is 5.92 Å². The maximum atomic E-state index is 12.3. The summed E-state index contributed by atoms with van der Waals surface area (Å²) in [5.41, 5.74) is -0.633. The number of aromatic carboxylic acids is 1. The molecule has 0 saturated heterocycles. The van der Waals surface area contributed by atoms with Crippen LogP contribution in [0.15, 0.2) is 27.8 Å². The first-order chi connectivity index (χ1) is 10.0. The molecule has 0 amide bonds. The van der Waals surface area contributed by atoms with E-state index in [1.807, 2.05) is 6.92 Å². The van der Waals surface area contributed by atoms with Crippen LogP contribution in [0.3, 0.4) is 0 Å². The maximum absolute atomic E-state index is 12.3. The van der Waals surface area contributed by atoms with Gasteiger partial charge in [-0.1, -0.05) is 19.4 Å². The number of hydrogen-bond donors (Lipinski definition) is 2. The van der Waals surface area contributed by atoms with E-state index in [4.69, 9.17) is 0 Å². The third-order valence-electron chi connectivity index (χ3n) is 4.32. The first kappa shape index (κ1) is 13.6. The van der Waals surface area contributed by atoms with Crippen molar-refractivity contribution in [1.82, 2.24) is 9.55 Å². The van der Waals surface area contributed by atoms with Crippen LogP contribution < -0.4 is 11.1 Å². The Morgan fingerprint density at radius 3 is 2.71 bits per heavy atom. The van der Waals surface area contributed by atoms with E-state index in [0.717, 1.165) is 19.3 Å². The van der Waals surface area contributed by atoms with E-state index in [1.54, 1.807) is 12.1 Å². The van der Waals surface area contributed by atoms with Gasteiger partial charge in [0.2, 0.25) is 0 Å². The zero-order valence-corrected chi connectivity index (χ0v) is 11.6. The summed E-state index contributed by atoms with van der Waals surface area (Å²) in [6.07, 6.45) is 2.73. The molecular weight excluding hydrogens is 272 g/mol. The number of carboxylic acids is 1. The molecule has 2 atom stereocenters. The van der Waals surface area contributed by atoms with Gasteiger partial charge < -0.3 is 10.1 Å². The van der Waals surface area contributed by atoms with Crippen LogP contribution >= 0.6 is 0 Å².